The molecule has 1 aromatic heterocycles. The molecule has 0 bridgehead atoms. The molecule has 138 valence electrons. The van der Waals surface area contributed by atoms with Gasteiger partial charge >= 0.3 is 0 Å². The lowest BCUT2D eigenvalue weighted by atomic mass is 10.1. The van der Waals surface area contributed by atoms with Crippen LogP contribution >= 0.6 is 11.6 Å². The molecule has 6 heteroatoms. The molecule has 0 radical (unpaired) electrons. The van der Waals surface area contributed by atoms with Crippen LogP contribution < -0.4 is 10.6 Å². The molecule has 0 saturated carbocycles. The number of aryl methyl sites for hydroxylation is 3. The normalized spacial score (nSPS) is 10.5. The molecule has 3 rings (SSSR count). The van der Waals surface area contributed by atoms with E-state index < -0.39 is 0 Å². The molecule has 0 unspecified atom stereocenters. The van der Waals surface area contributed by atoms with Gasteiger partial charge in [0, 0.05) is 23.3 Å². The van der Waals surface area contributed by atoms with Gasteiger partial charge in [0.1, 0.15) is 17.3 Å². The Balaban J connectivity index is 1.75. The zero-order chi connectivity index (χ0) is 19.4. The number of rotatable bonds is 5. The number of aromatic nitrogens is 2. The molecule has 0 aliphatic heterocycles. The third-order valence-electron chi connectivity index (χ3n) is 4.22. The molecule has 0 saturated heterocycles. The molecule has 5 nitrogen and oxygen atoms in total. The van der Waals surface area contributed by atoms with Crippen LogP contribution in [0.2, 0.25) is 5.02 Å². The van der Waals surface area contributed by atoms with Gasteiger partial charge in [0.05, 0.1) is 0 Å². The maximum atomic E-state index is 12.5. The average molecular weight is 381 g/mol. The number of anilines is 2. The fourth-order valence-electron chi connectivity index (χ4n) is 2.64. The number of nitrogens with zero attached hydrogens (tertiary/aromatic N) is 2. The number of carbonyl (C=O) groups excluding carboxylic acids is 1. The lowest BCUT2D eigenvalue weighted by Crippen LogP contribution is -2.24. The first-order valence-electron chi connectivity index (χ1n) is 8.64. The van der Waals surface area contributed by atoms with Gasteiger partial charge in [-0.1, -0.05) is 41.9 Å². The topological polar surface area (TPSA) is 66.9 Å². The Hall–Kier alpha value is -2.92. The van der Waals surface area contributed by atoms with Gasteiger partial charge in [0.25, 0.3) is 5.91 Å². The lowest BCUT2D eigenvalue weighted by Gasteiger charge is -2.11. The van der Waals surface area contributed by atoms with E-state index in [1.165, 1.54) is 0 Å². The van der Waals surface area contributed by atoms with E-state index in [4.69, 9.17) is 11.6 Å². The Kier molecular flexibility index (Phi) is 5.72. The summed E-state index contributed by atoms with van der Waals surface area (Å²) in [5.74, 6) is 0.816. The van der Waals surface area contributed by atoms with Crippen LogP contribution in [-0.4, -0.2) is 15.9 Å². The highest BCUT2D eigenvalue weighted by Crippen LogP contribution is 2.22. The van der Waals surface area contributed by atoms with Gasteiger partial charge in [0.2, 0.25) is 0 Å². The molecule has 3 aromatic rings. The number of amides is 1. The molecular formula is C21H21ClN4O. The van der Waals surface area contributed by atoms with E-state index >= 15 is 0 Å². The lowest BCUT2D eigenvalue weighted by molar-refractivity contribution is 0.0945. The van der Waals surface area contributed by atoms with E-state index in [0.29, 0.717) is 28.9 Å². The largest absolute Gasteiger partial charge is 0.347 e. The molecule has 0 atom stereocenters. The number of hydrogen-bond acceptors (Lipinski definition) is 4. The Bertz CT molecular complexity index is 988. The van der Waals surface area contributed by atoms with Crippen molar-refractivity contribution in [3.8, 4) is 0 Å². The third kappa shape index (κ3) is 4.83. The minimum absolute atomic E-state index is 0.242. The van der Waals surface area contributed by atoms with Gasteiger partial charge in [-0.3, -0.25) is 4.79 Å². The van der Waals surface area contributed by atoms with Crippen molar-refractivity contribution in [2.75, 3.05) is 5.32 Å². The molecular weight excluding hydrogens is 360 g/mol. The van der Waals surface area contributed by atoms with Crippen molar-refractivity contribution in [1.29, 1.82) is 0 Å². The van der Waals surface area contributed by atoms with Gasteiger partial charge < -0.3 is 10.6 Å². The average Bonchev–Trinajstić information content (AvgIpc) is 2.63. The molecule has 2 aromatic carbocycles. The van der Waals surface area contributed by atoms with Gasteiger partial charge in [-0.05, 0) is 49.6 Å². The summed E-state index contributed by atoms with van der Waals surface area (Å²) in [6, 6.07) is 15.2. The Morgan fingerprint density at radius 1 is 1.00 bits per heavy atom. The highest BCUT2D eigenvalue weighted by atomic mass is 35.5. The van der Waals surface area contributed by atoms with Crippen molar-refractivity contribution >= 4 is 29.0 Å². The first kappa shape index (κ1) is 18.9. The number of halogens is 1. The third-order valence-corrected chi connectivity index (χ3v) is 4.62. The van der Waals surface area contributed by atoms with Gasteiger partial charge in [0.15, 0.2) is 0 Å². The second-order valence-corrected chi connectivity index (χ2v) is 6.79. The standard InChI is InChI=1S/C21H21ClN4O/c1-13-6-4-5-7-16(13)12-23-21(27)19-11-20(25-15(3)24-19)26-17-9-8-14(2)18(22)10-17/h4-11H,12H2,1-3H3,(H,23,27)(H,24,25,26). The van der Waals surface area contributed by atoms with Crippen LogP contribution in [0.1, 0.15) is 33.0 Å². The van der Waals surface area contributed by atoms with Crippen LogP contribution in [0.25, 0.3) is 0 Å². The number of carbonyl (C=O) groups is 1. The predicted octanol–water partition coefficient (Wildman–Crippen LogP) is 4.73. The van der Waals surface area contributed by atoms with Crippen molar-refractivity contribution in [2.45, 2.75) is 27.3 Å². The van der Waals surface area contributed by atoms with Crippen LogP contribution in [0.15, 0.2) is 48.5 Å². The first-order valence-corrected chi connectivity index (χ1v) is 9.02. The summed E-state index contributed by atoms with van der Waals surface area (Å²) in [6.07, 6.45) is 0. The zero-order valence-electron chi connectivity index (χ0n) is 15.5. The zero-order valence-corrected chi connectivity index (χ0v) is 16.3. The Morgan fingerprint density at radius 2 is 1.78 bits per heavy atom. The molecule has 0 aliphatic rings. The summed E-state index contributed by atoms with van der Waals surface area (Å²) in [4.78, 5) is 21.1. The van der Waals surface area contributed by atoms with Crippen LogP contribution in [0, 0.1) is 20.8 Å². The Morgan fingerprint density at radius 3 is 2.52 bits per heavy atom. The smallest absolute Gasteiger partial charge is 0.270 e. The van der Waals surface area contributed by atoms with E-state index in [2.05, 4.69) is 20.6 Å². The van der Waals surface area contributed by atoms with Crippen LogP contribution in [0.5, 0.6) is 0 Å². The SMILES string of the molecule is Cc1nc(Nc2ccc(C)c(Cl)c2)cc(C(=O)NCc2ccccc2C)n1. The highest BCUT2D eigenvalue weighted by molar-refractivity contribution is 6.31. The van der Waals surface area contributed by atoms with Crippen LogP contribution in [0.3, 0.4) is 0 Å². The monoisotopic (exact) mass is 380 g/mol. The van der Waals surface area contributed by atoms with E-state index in [1.54, 1.807) is 13.0 Å². The summed E-state index contributed by atoms with van der Waals surface area (Å²) < 4.78 is 0. The van der Waals surface area contributed by atoms with Gasteiger partial charge in [-0.25, -0.2) is 9.97 Å². The molecule has 0 aliphatic carbocycles. The highest BCUT2D eigenvalue weighted by Gasteiger charge is 2.11. The maximum Gasteiger partial charge on any atom is 0.270 e. The summed E-state index contributed by atoms with van der Waals surface area (Å²) in [7, 11) is 0. The second kappa shape index (κ2) is 8.18. The predicted molar refractivity (Wildman–Crippen MR) is 109 cm³/mol. The van der Waals surface area contributed by atoms with Crippen molar-refractivity contribution in [2.24, 2.45) is 0 Å². The van der Waals surface area contributed by atoms with Crippen LogP contribution in [0.4, 0.5) is 11.5 Å². The van der Waals surface area contributed by atoms with Crippen LogP contribution in [-0.2, 0) is 6.54 Å². The molecule has 0 fully saturated rings. The van der Waals surface area contributed by atoms with E-state index in [0.717, 1.165) is 22.4 Å². The van der Waals surface area contributed by atoms with Crippen molar-refractivity contribution in [3.05, 3.63) is 81.8 Å². The fourth-order valence-corrected chi connectivity index (χ4v) is 2.82. The quantitative estimate of drug-likeness (QED) is 0.671. The summed E-state index contributed by atoms with van der Waals surface area (Å²) in [5.41, 5.74) is 4.32. The minimum Gasteiger partial charge on any atom is -0.347 e. The van der Waals surface area contributed by atoms with Gasteiger partial charge in [-0.2, -0.15) is 0 Å². The number of nitrogens with one attached hydrogen (secondary N) is 2. The minimum atomic E-state index is -0.242. The number of benzene rings is 2. The van der Waals surface area contributed by atoms with E-state index in [-0.39, 0.29) is 5.91 Å². The van der Waals surface area contributed by atoms with Crippen molar-refractivity contribution < 1.29 is 4.79 Å². The first-order chi connectivity index (χ1) is 12.9. The second-order valence-electron chi connectivity index (χ2n) is 6.38. The number of hydrogen-bond donors (Lipinski definition) is 2. The molecule has 1 heterocycles. The molecule has 0 spiro atoms. The fraction of sp³-hybridized carbons (Fsp3) is 0.190. The van der Waals surface area contributed by atoms with Crippen molar-refractivity contribution in [1.82, 2.24) is 15.3 Å². The summed E-state index contributed by atoms with van der Waals surface area (Å²) in [5, 5.41) is 6.76. The maximum absolute atomic E-state index is 12.5. The molecule has 2 N–H and O–H groups in total. The van der Waals surface area contributed by atoms with E-state index in [9.17, 15) is 4.79 Å². The summed E-state index contributed by atoms with van der Waals surface area (Å²) in [6.45, 7) is 6.17. The van der Waals surface area contributed by atoms with Gasteiger partial charge in [-0.15, -0.1) is 0 Å². The van der Waals surface area contributed by atoms with Crippen molar-refractivity contribution in [3.63, 3.8) is 0 Å². The Labute approximate surface area is 163 Å². The summed E-state index contributed by atoms with van der Waals surface area (Å²) >= 11 is 6.17. The van der Waals surface area contributed by atoms with E-state index in [1.807, 2.05) is 56.3 Å². The molecule has 1 amide bonds. The molecule has 27 heavy (non-hydrogen) atoms.